The summed E-state index contributed by atoms with van der Waals surface area (Å²) in [6, 6.07) is 28.3. The quantitative estimate of drug-likeness (QED) is 0.152. The lowest BCUT2D eigenvalue weighted by Crippen LogP contribution is -2.57. The van der Waals surface area contributed by atoms with Crippen molar-refractivity contribution in [2.75, 3.05) is 19.7 Å². The van der Waals surface area contributed by atoms with Gasteiger partial charge in [0.1, 0.15) is 30.5 Å². The van der Waals surface area contributed by atoms with Gasteiger partial charge in [-0.15, -0.1) is 0 Å². The van der Waals surface area contributed by atoms with E-state index in [1.807, 2.05) is 78.9 Å². The molecule has 0 unspecified atom stereocenters. The topological polar surface area (TPSA) is 175 Å². The number of ether oxygens (including phenoxy) is 1. The summed E-state index contributed by atoms with van der Waals surface area (Å²) in [5.41, 5.74) is 5.77. The maximum absolute atomic E-state index is 14.1. The number of aromatic hydroxyl groups is 1. The first-order chi connectivity index (χ1) is 26.2. The van der Waals surface area contributed by atoms with Gasteiger partial charge in [0.15, 0.2) is 0 Å². The van der Waals surface area contributed by atoms with Crippen molar-refractivity contribution < 1.29 is 33.8 Å². The first-order valence-corrected chi connectivity index (χ1v) is 18.3. The van der Waals surface area contributed by atoms with Crippen molar-refractivity contribution in [1.29, 1.82) is 0 Å². The highest BCUT2D eigenvalue weighted by atomic mass is 16.5. The number of carbonyl (C=O) groups excluding carboxylic acids is 5. The van der Waals surface area contributed by atoms with Crippen LogP contribution in [0.15, 0.2) is 103 Å². The van der Waals surface area contributed by atoms with E-state index in [9.17, 15) is 29.1 Å². The molecule has 0 bridgehead atoms. The third-order valence-corrected chi connectivity index (χ3v) is 9.77. The molecule has 2 aliphatic rings. The lowest BCUT2D eigenvalue weighted by Gasteiger charge is -2.26. The van der Waals surface area contributed by atoms with E-state index in [-0.39, 0.29) is 56.4 Å². The average Bonchev–Trinajstić information content (AvgIpc) is 3.50. The van der Waals surface area contributed by atoms with Crippen LogP contribution >= 0.6 is 0 Å². The molecule has 1 aliphatic carbocycles. The molecule has 4 aromatic carbocycles. The van der Waals surface area contributed by atoms with E-state index in [1.54, 1.807) is 12.1 Å². The van der Waals surface area contributed by atoms with Crippen LogP contribution in [0.4, 0.5) is 4.79 Å². The van der Waals surface area contributed by atoms with Crippen LogP contribution < -0.4 is 26.6 Å². The number of hydrogen-bond donors (Lipinski definition) is 6. The van der Waals surface area contributed by atoms with Crippen molar-refractivity contribution in [3.8, 4) is 16.9 Å². The Bertz CT molecular complexity index is 1910. The molecule has 12 heteroatoms. The minimum Gasteiger partial charge on any atom is -0.508 e. The van der Waals surface area contributed by atoms with Crippen LogP contribution in [0.5, 0.6) is 5.75 Å². The zero-order chi connectivity index (χ0) is 37.9. The molecule has 1 fully saturated rings. The number of amides is 5. The maximum Gasteiger partial charge on any atom is 0.407 e. The zero-order valence-corrected chi connectivity index (χ0v) is 29.9. The summed E-state index contributed by atoms with van der Waals surface area (Å²) in [4.78, 5) is 67.0. The Balaban J connectivity index is 1.17. The van der Waals surface area contributed by atoms with Gasteiger partial charge in [0.05, 0.1) is 0 Å². The van der Waals surface area contributed by atoms with Gasteiger partial charge < -0.3 is 36.4 Å². The van der Waals surface area contributed by atoms with Crippen LogP contribution in [0.3, 0.4) is 0 Å². The SMILES string of the molecule is O=C1CCNC(=O)[C@H](Cc2ccc(O)cc2)NC(=O)[C@H](NC(=O)[C@H](Cc2ccccc2)NC(=O)OCC2c3ccccc3-c3ccccc32)CCCCN1. The fourth-order valence-corrected chi connectivity index (χ4v) is 6.94. The Hall–Kier alpha value is -6.17. The van der Waals surface area contributed by atoms with Crippen molar-refractivity contribution >= 4 is 29.7 Å². The number of phenolic OH excluding ortho intramolecular Hbond substituents is 1. The van der Waals surface area contributed by atoms with E-state index in [4.69, 9.17) is 4.74 Å². The molecule has 1 aliphatic heterocycles. The summed E-state index contributed by atoms with van der Waals surface area (Å²) < 4.78 is 5.78. The Morgan fingerprint density at radius 1 is 0.759 bits per heavy atom. The number of nitrogens with one attached hydrogen (secondary N) is 5. The van der Waals surface area contributed by atoms with Crippen LogP contribution in [0, 0.1) is 0 Å². The second-order valence-corrected chi connectivity index (χ2v) is 13.6. The molecule has 280 valence electrons. The number of alkyl carbamates (subject to hydrolysis) is 1. The largest absolute Gasteiger partial charge is 0.508 e. The number of rotatable bonds is 9. The third kappa shape index (κ3) is 9.82. The summed E-state index contributed by atoms with van der Waals surface area (Å²) in [7, 11) is 0. The van der Waals surface area contributed by atoms with Gasteiger partial charge in [-0.2, -0.15) is 0 Å². The van der Waals surface area contributed by atoms with Gasteiger partial charge in [-0.3, -0.25) is 19.2 Å². The van der Waals surface area contributed by atoms with E-state index in [0.717, 1.165) is 27.8 Å². The third-order valence-electron chi connectivity index (χ3n) is 9.77. The normalized spacial score (nSPS) is 18.4. The molecule has 6 rings (SSSR count). The van der Waals surface area contributed by atoms with Crippen molar-refractivity contribution in [3.05, 3.63) is 125 Å². The Morgan fingerprint density at radius 3 is 2.13 bits per heavy atom. The number of carbonyl (C=O) groups is 5. The van der Waals surface area contributed by atoms with Crippen molar-refractivity contribution in [1.82, 2.24) is 26.6 Å². The summed E-state index contributed by atoms with van der Waals surface area (Å²) in [5, 5.41) is 23.7. The molecule has 4 aromatic rings. The molecule has 5 amide bonds. The van der Waals surface area contributed by atoms with Gasteiger partial charge in [0.2, 0.25) is 23.6 Å². The molecular weight excluding hydrogens is 686 g/mol. The molecule has 0 spiro atoms. The van der Waals surface area contributed by atoms with E-state index in [1.165, 1.54) is 12.1 Å². The molecule has 6 N–H and O–H groups in total. The van der Waals surface area contributed by atoms with Gasteiger partial charge in [0, 0.05) is 38.3 Å². The lowest BCUT2D eigenvalue weighted by atomic mass is 9.98. The molecule has 0 radical (unpaired) electrons. The minimum absolute atomic E-state index is 0.0591. The van der Waals surface area contributed by atoms with Gasteiger partial charge in [0.25, 0.3) is 0 Å². The first-order valence-electron chi connectivity index (χ1n) is 18.3. The van der Waals surface area contributed by atoms with Gasteiger partial charge in [-0.25, -0.2) is 4.79 Å². The number of phenols is 1. The van der Waals surface area contributed by atoms with Gasteiger partial charge >= 0.3 is 6.09 Å². The minimum atomic E-state index is -1.10. The number of benzene rings is 4. The highest BCUT2D eigenvalue weighted by Gasteiger charge is 2.32. The monoisotopic (exact) mass is 731 g/mol. The summed E-state index contributed by atoms with van der Waals surface area (Å²) in [6.07, 6.45) is 0.794. The number of hydrogen-bond acceptors (Lipinski definition) is 7. The van der Waals surface area contributed by atoms with E-state index in [0.29, 0.717) is 24.9 Å². The molecule has 12 nitrogen and oxygen atoms in total. The van der Waals surface area contributed by atoms with Crippen molar-refractivity contribution in [2.24, 2.45) is 0 Å². The van der Waals surface area contributed by atoms with Crippen LogP contribution in [0.25, 0.3) is 11.1 Å². The van der Waals surface area contributed by atoms with Crippen molar-refractivity contribution in [2.45, 2.75) is 62.6 Å². The predicted octanol–water partition coefficient (Wildman–Crippen LogP) is 3.86. The molecule has 54 heavy (non-hydrogen) atoms. The van der Waals surface area contributed by atoms with Crippen LogP contribution in [0.2, 0.25) is 0 Å². The highest BCUT2D eigenvalue weighted by molar-refractivity contribution is 5.94. The molecule has 1 heterocycles. The standard InChI is InChI=1S/C42H45N5O7/c48-29-19-17-28(18-20-29)25-36-39(50)44-23-21-38(49)43-22-9-8-16-35(40(51)46-36)45-41(52)37(24-27-10-2-1-3-11-27)47-42(53)54-26-34-32-14-6-4-12-30(32)31-13-5-7-15-33(31)34/h1-7,10-15,17-20,34-37,48H,8-9,16,21-26H2,(H,43,49)(H,44,50)(H,45,52)(H,46,51)(H,47,53)/t35-,36+,37+/m1/s1. The molecule has 1 saturated heterocycles. The van der Waals surface area contributed by atoms with Crippen LogP contribution in [-0.4, -0.2) is 72.7 Å². The summed E-state index contributed by atoms with van der Waals surface area (Å²) in [6.45, 7) is 0.513. The highest BCUT2D eigenvalue weighted by Crippen LogP contribution is 2.44. The maximum atomic E-state index is 14.1. The average molecular weight is 732 g/mol. The zero-order valence-electron chi connectivity index (χ0n) is 29.9. The van der Waals surface area contributed by atoms with E-state index < -0.39 is 41.9 Å². The molecule has 3 atom stereocenters. The van der Waals surface area contributed by atoms with Crippen LogP contribution in [-0.2, 0) is 36.8 Å². The lowest BCUT2D eigenvalue weighted by molar-refractivity contribution is -0.132. The smallest absolute Gasteiger partial charge is 0.407 e. The Kier molecular flexibility index (Phi) is 12.6. The second-order valence-electron chi connectivity index (χ2n) is 13.6. The van der Waals surface area contributed by atoms with Crippen LogP contribution in [0.1, 0.15) is 53.9 Å². The predicted molar refractivity (Wildman–Crippen MR) is 202 cm³/mol. The molecule has 0 saturated carbocycles. The molecule has 0 aromatic heterocycles. The Labute approximate surface area is 314 Å². The second kappa shape index (κ2) is 18.0. The fourth-order valence-electron chi connectivity index (χ4n) is 6.94. The van der Waals surface area contributed by atoms with E-state index >= 15 is 0 Å². The summed E-state index contributed by atoms with van der Waals surface area (Å²) in [5.74, 6) is -1.98. The fraction of sp³-hybridized carbons (Fsp3) is 0.310. The van der Waals surface area contributed by atoms with Gasteiger partial charge in [-0.05, 0) is 64.8 Å². The number of fused-ring (bicyclic) bond motifs is 3. The first kappa shape index (κ1) is 37.6. The summed E-state index contributed by atoms with van der Waals surface area (Å²) >= 11 is 0. The Morgan fingerprint density at radius 2 is 1.43 bits per heavy atom. The van der Waals surface area contributed by atoms with Gasteiger partial charge in [-0.1, -0.05) is 91.0 Å². The van der Waals surface area contributed by atoms with Crippen molar-refractivity contribution in [3.63, 3.8) is 0 Å². The molecular formula is C42H45N5O7. The van der Waals surface area contributed by atoms with E-state index in [2.05, 4.69) is 26.6 Å².